The number of aromatic nitrogens is 1. The Labute approximate surface area is 107 Å². The summed E-state index contributed by atoms with van der Waals surface area (Å²) in [6.45, 7) is 0. The summed E-state index contributed by atoms with van der Waals surface area (Å²) in [7, 11) is 0. The van der Waals surface area contributed by atoms with Crippen molar-refractivity contribution in [3.63, 3.8) is 0 Å². The maximum absolute atomic E-state index is 13.4. The number of nitrogens with one attached hydrogen (secondary N) is 1. The minimum absolute atomic E-state index is 0.186. The first-order valence-corrected chi connectivity index (χ1v) is 5.35. The zero-order valence-corrected chi connectivity index (χ0v) is 9.78. The van der Waals surface area contributed by atoms with Gasteiger partial charge in [0.25, 0.3) is 5.91 Å². The van der Waals surface area contributed by atoms with Crippen LogP contribution in [0.25, 0.3) is 0 Å². The Morgan fingerprint density at radius 1 is 1.33 bits per heavy atom. The molecule has 0 aliphatic heterocycles. The zero-order valence-electron chi connectivity index (χ0n) is 9.02. The number of nitrogens with zero attached hydrogens (tertiary/aromatic N) is 1. The molecule has 0 saturated carbocycles. The molecule has 1 aromatic heterocycles. The number of phenols is 1. The summed E-state index contributed by atoms with van der Waals surface area (Å²) < 4.78 is 13.4. The van der Waals surface area contributed by atoms with Crippen molar-refractivity contribution < 1.29 is 14.3 Å². The van der Waals surface area contributed by atoms with Crippen LogP contribution in [0.3, 0.4) is 0 Å². The third-order valence-electron chi connectivity index (χ3n) is 2.16. The third kappa shape index (κ3) is 2.75. The Balaban J connectivity index is 2.22. The fraction of sp³-hybridized carbons (Fsp3) is 0. The average Bonchev–Trinajstić information content (AvgIpc) is 2.28. The average molecular weight is 267 g/mol. The Hall–Kier alpha value is -2.14. The molecule has 0 radical (unpaired) electrons. The monoisotopic (exact) mass is 266 g/mol. The molecule has 1 heterocycles. The largest absolute Gasteiger partial charge is 0.508 e. The highest BCUT2D eigenvalue weighted by Gasteiger charge is 2.12. The molecule has 92 valence electrons. The third-order valence-corrected chi connectivity index (χ3v) is 2.40. The fourth-order valence-electron chi connectivity index (χ4n) is 1.34. The quantitative estimate of drug-likeness (QED) is 0.879. The van der Waals surface area contributed by atoms with Gasteiger partial charge < -0.3 is 10.4 Å². The number of carbonyl (C=O) groups excluding carboxylic acids is 1. The molecule has 18 heavy (non-hydrogen) atoms. The highest BCUT2D eigenvalue weighted by atomic mass is 35.5. The van der Waals surface area contributed by atoms with E-state index in [9.17, 15) is 9.18 Å². The van der Waals surface area contributed by atoms with Crippen molar-refractivity contribution in [2.45, 2.75) is 0 Å². The standard InChI is InChI=1S/C12H8ClFN2O2/c13-7-3-4-15-11(5-7)16-12(18)9-2-1-8(17)6-10(9)14/h1-6,17H,(H,15,16,18). The molecule has 1 aromatic carbocycles. The first kappa shape index (κ1) is 12.3. The van der Waals surface area contributed by atoms with E-state index < -0.39 is 11.7 Å². The minimum atomic E-state index is -0.811. The first-order valence-electron chi connectivity index (χ1n) is 4.97. The summed E-state index contributed by atoms with van der Waals surface area (Å²) in [5.74, 6) is -1.50. The van der Waals surface area contributed by atoms with E-state index in [-0.39, 0.29) is 17.1 Å². The number of aromatic hydroxyl groups is 1. The van der Waals surface area contributed by atoms with Crippen molar-refractivity contribution >= 4 is 23.3 Å². The molecule has 0 atom stereocenters. The van der Waals surface area contributed by atoms with Crippen LogP contribution in [0.15, 0.2) is 36.5 Å². The number of benzene rings is 1. The van der Waals surface area contributed by atoms with Crippen LogP contribution in [0.2, 0.25) is 5.02 Å². The zero-order chi connectivity index (χ0) is 13.1. The molecule has 0 spiro atoms. The Kier molecular flexibility index (Phi) is 3.43. The Morgan fingerprint density at radius 3 is 2.78 bits per heavy atom. The number of hydrogen-bond acceptors (Lipinski definition) is 3. The van der Waals surface area contributed by atoms with Crippen LogP contribution in [-0.2, 0) is 0 Å². The molecule has 0 aliphatic rings. The lowest BCUT2D eigenvalue weighted by atomic mass is 10.2. The molecule has 2 rings (SSSR count). The van der Waals surface area contributed by atoms with Crippen LogP contribution in [-0.4, -0.2) is 16.0 Å². The smallest absolute Gasteiger partial charge is 0.259 e. The molecule has 1 amide bonds. The normalized spacial score (nSPS) is 10.1. The number of hydrogen-bond donors (Lipinski definition) is 2. The van der Waals surface area contributed by atoms with Gasteiger partial charge in [0.15, 0.2) is 0 Å². The highest BCUT2D eigenvalue weighted by Crippen LogP contribution is 2.17. The summed E-state index contributed by atoms with van der Waals surface area (Å²) >= 11 is 5.73. The second kappa shape index (κ2) is 5.01. The lowest BCUT2D eigenvalue weighted by molar-refractivity contribution is 0.102. The van der Waals surface area contributed by atoms with E-state index in [0.717, 1.165) is 6.07 Å². The molecule has 0 aliphatic carbocycles. The molecule has 0 bridgehead atoms. The second-order valence-corrected chi connectivity index (χ2v) is 3.91. The number of amides is 1. The van der Waals surface area contributed by atoms with Crippen molar-refractivity contribution in [1.82, 2.24) is 4.98 Å². The van der Waals surface area contributed by atoms with Crippen molar-refractivity contribution in [3.8, 4) is 5.75 Å². The van der Waals surface area contributed by atoms with Gasteiger partial charge in [0.05, 0.1) is 5.56 Å². The SMILES string of the molecule is O=C(Nc1cc(Cl)ccn1)c1ccc(O)cc1F. The molecular weight excluding hydrogens is 259 g/mol. The van der Waals surface area contributed by atoms with Gasteiger partial charge in [-0.15, -0.1) is 0 Å². The molecular formula is C12H8ClFN2O2. The van der Waals surface area contributed by atoms with Crippen LogP contribution >= 0.6 is 11.6 Å². The minimum Gasteiger partial charge on any atom is -0.508 e. The molecule has 6 heteroatoms. The van der Waals surface area contributed by atoms with Gasteiger partial charge in [-0.3, -0.25) is 4.79 Å². The van der Waals surface area contributed by atoms with E-state index in [1.165, 1.54) is 24.4 Å². The van der Waals surface area contributed by atoms with Crippen LogP contribution in [0.1, 0.15) is 10.4 Å². The molecule has 0 unspecified atom stereocenters. The van der Waals surface area contributed by atoms with Gasteiger partial charge in [-0.25, -0.2) is 9.37 Å². The highest BCUT2D eigenvalue weighted by molar-refractivity contribution is 6.30. The van der Waals surface area contributed by atoms with E-state index in [0.29, 0.717) is 5.02 Å². The summed E-state index contributed by atoms with van der Waals surface area (Å²) in [4.78, 5) is 15.6. The molecule has 2 N–H and O–H groups in total. The maximum Gasteiger partial charge on any atom is 0.259 e. The predicted molar refractivity (Wildman–Crippen MR) is 65.3 cm³/mol. The molecule has 2 aromatic rings. The molecule has 0 fully saturated rings. The summed E-state index contributed by atoms with van der Waals surface area (Å²) in [6.07, 6.45) is 1.42. The van der Waals surface area contributed by atoms with Crippen LogP contribution in [0.4, 0.5) is 10.2 Å². The number of halogens is 2. The van der Waals surface area contributed by atoms with E-state index in [1.807, 2.05) is 0 Å². The van der Waals surface area contributed by atoms with E-state index in [1.54, 1.807) is 6.07 Å². The Bertz CT molecular complexity index is 604. The maximum atomic E-state index is 13.4. The second-order valence-electron chi connectivity index (χ2n) is 3.48. The lowest BCUT2D eigenvalue weighted by Gasteiger charge is -2.05. The molecule has 4 nitrogen and oxygen atoms in total. The number of pyridine rings is 1. The Morgan fingerprint density at radius 2 is 2.11 bits per heavy atom. The fourth-order valence-corrected chi connectivity index (χ4v) is 1.50. The van der Waals surface area contributed by atoms with E-state index in [4.69, 9.17) is 16.7 Å². The van der Waals surface area contributed by atoms with Gasteiger partial charge >= 0.3 is 0 Å². The van der Waals surface area contributed by atoms with Gasteiger partial charge in [0.2, 0.25) is 0 Å². The van der Waals surface area contributed by atoms with Crippen molar-refractivity contribution in [3.05, 3.63) is 52.9 Å². The first-order chi connectivity index (χ1) is 8.56. The topological polar surface area (TPSA) is 62.2 Å². The number of anilines is 1. The van der Waals surface area contributed by atoms with Crippen LogP contribution in [0.5, 0.6) is 5.75 Å². The number of phenolic OH excluding ortho intramolecular Hbond substituents is 1. The van der Waals surface area contributed by atoms with Gasteiger partial charge in [0, 0.05) is 17.3 Å². The van der Waals surface area contributed by atoms with Crippen molar-refractivity contribution in [2.75, 3.05) is 5.32 Å². The summed E-state index contributed by atoms with van der Waals surface area (Å²) in [5, 5.41) is 11.9. The summed E-state index contributed by atoms with van der Waals surface area (Å²) in [6, 6.07) is 6.27. The van der Waals surface area contributed by atoms with E-state index in [2.05, 4.69) is 10.3 Å². The van der Waals surface area contributed by atoms with Gasteiger partial charge in [-0.2, -0.15) is 0 Å². The number of carbonyl (C=O) groups is 1. The van der Waals surface area contributed by atoms with Gasteiger partial charge in [-0.05, 0) is 24.3 Å². The van der Waals surface area contributed by atoms with Gasteiger partial charge in [-0.1, -0.05) is 11.6 Å². The van der Waals surface area contributed by atoms with Crippen LogP contribution < -0.4 is 5.32 Å². The summed E-state index contributed by atoms with van der Waals surface area (Å²) in [5.41, 5.74) is -0.186. The predicted octanol–water partition coefficient (Wildman–Crippen LogP) is 2.83. The molecule has 0 saturated heterocycles. The lowest BCUT2D eigenvalue weighted by Crippen LogP contribution is -2.14. The van der Waals surface area contributed by atoms with Gasteiger partial charge in [0.1, 0.15) is 17.4 Å². The van der Waals surface area contributed by atoms with E-state index >= 15 is 0 Å². The van der Waals surface area contributed by atoms with Crippen molar-refractivity contribution in [2.24, 2.45) is 0 Å². The van der Waals surface area contributed by atoms with Crippen molar-refractivity contribution in [1.29, 1.82) is 0 Å². The number of rotatable bonds is 2. The van der Waals surface area contributed by atoms with Crippen LogP contribution in [0, 0.1) is 5.82 Å².